The normalized spacial score (nSPS) is 27.4. The molecule has 1 aromatic carbocycles. The first-order valence-corrected chi connectivity index (χ1v) is 8.64. The minimum absolute atomic E-state index is 0.438. The SMILES string of the molecule is CCC1CCC(CN)(CCSc2ccccc2)CC1. The lowest BCUT2D eigenvalue weighted by atomic mass is 9.68. The molecule has 1 saturated carbocycles. The number of hydrogen-bond donors (Lipinski definition) is 1. The molecular formula is C17H27NS. The lowest BCUT2D eigenvalue weighted by Gasteiger charge is -2.39. The van der Waals surface area contributed by atoms with Crippen molar-refractivity contribution in [2.24, 2.45) is 17.1 Å². The van der Waals surface area contributed by atoms with Crippen LogP contribution in [0.2, 0.25) is 0 Å². The fourth-order valence-corrected chi connectivity index (χ4v) is 4.28. The Morgan fingerprint density at radius 2 is 1.89 bits per heavy atom. The van der Waals surface area contributed by atoms with Gasteiger partial charge < -0.3 is 5.73 Å². The van der Waals surface area contributed by atoms with Gasteiger partial charge in [-0.3, -0.25) is 0 Å². The zero-order chi connectivity index (χ0) is 13.6. The van der Waals surface area contributed by atoms with E-state index in [1.807, 2.05) is 11.8 Å². The van der Waals surface area contributed by atoms with E-state index in [9.17, 15) is 0 Å². The first kappa shape index (κ1) is 14.9. The van der Waals surface area contributed by atoms with Crippen LogP contribution in [0.1, 0.15) is 45.4 Å². The number of nitrogens with two attached hydrogens (primary N) is 1. The second-order valence-electron chi connectivity index (χ2n) is 5.97. The Balaban J connectivity index is 1.80. The second kappa shape index (κ2) is 7.35. The predicted molar refractivity (Wildman–Crippen MR) is 85.5 cm³/mol. The summed E-state index contributed by atoms with van der Waals surface area (Å²) in [5.41, 5.74) is 6.53. The molecule has 1 fully saturated rings. The van der Waals surface area contributed by atoms with Crippen LogP contribution in [-0.4, -0.2) is 12.3 Å². The van der Waals surface area contributed by atoms with E-state index in [0.717, 1.165) is 12.5 Å². The van der Waals surface area contributed by atoms with Gasteiger partial charge in [0.2, 0.25) is 0 Å². The molecule has 2 heteroatoms. The van der Waals surface area contributed by atoms with Gasteiger partial charge in [-0.25, -0.2) is 0 Å². The van der Waals surface area contributed by atoms with Gasteiger partial charge in [-0.1, -0.05) is 31.5 Å². The molecule has 1 aromatic rings. The monoisotopic (exact) mass is 277 g/mol. The van der Waals surface area contributed by atoms with Crippen LogP contribution in [0.15, 0.2) is 35.2 Å². The molecule has 2 N–H and O–H groups in total. The molecule has 0 aromatic heterocycles. The standard InChI is InChI=1S/C17H27NS/c1-2-15-8-10-17(14-18,11-9-15)12-13-19-16-6-4-3-5-7-16/h3-7,15H,2,8-14,18H2,1H3. The summed E-state index contributed by atoms with van der Waals surface area (Å²) in [5, 5.41) is 0. The van der Waals surface area contributed by atoms with E-state index in [4.69, 9.17) is 5.73 Å². The molecule has 0 unspecified atom stereocenters. The van der Waals surface area contributed by atoms with E-state index in [1.165, 1.54) is 49.2 Å². The van der Waals surface area contributed by atoms with Crippen LogP contribution < -0.4 is 5.73 Å². The molecule has 1 nitrogen and oxygen atoms in total. The summed E-state index contributed by atoms with van der Waals surface area (Å²) in [6.07, 6.45) is 8.10. The molecule has 0 radical (unpaired) electrons. The highest BCUT2D eigenvalue weighted by Crippen LogP contribution is 2.42. The average Bonchev–Trinajstić information content (AvgIpc) is 2.49. The lowest BCUT2D eigenvalue weighted by Crippen LogP contribution is -2.35. The van der Waals surface area contributed by atoms with Crippen molar-refractivity contribution < 1.29 is 0 Å². The summed E-state index contributed by atoms with van der Waals surface area (Å²) in [7, 11) is 0. The minimum atomic E-state index is 0.438. The summed E-state index contributed by atoms with van der Waals surface area (Å²) in [4.78, 5) is 1.39. The highest BCUT2D eigenvalue weighted by atomic mass is 32.2. The number of thioether (sulfide) groups is 1. The molecule has 19 heavy (non-hydrogen) atoms. The molecule has 0 amide bonds. The molecule has 0 bridgehead atoms. The molecule has 2 rings (SSSR count). The molecule has 0 saturated heterocycles. The van der Waals surface area contributed by atoms with Crippen LogP contribution >= 0.6 is 11.8 Å². The van der Waals surface area contributed by atoms with Gasteiger partial charge >= 0.3 is 0 Å². The minimum Gasteiger partial charge on any atom is -0.330 e. The Morgan fingerprint density at radius 3 is 2.47 bits per heavy atom. The molecule has 0 spiro atoms. The van der Waals surface area contributed by atoms with Crippen LogP contribution in [0.25, 0.3) is 0 Å². The van der Waals surface area contributed by atoms with Gasteiger partial charge in [0, 0.05) is 4.90 Å². The Morgan fingerprint density at radius 1 is 1.21 bits per heavy atom. The van der Waals surface area contributed by atoms with Crippen molar-refractivity contribution in [1.29, 1.82) is 0 Å². The highest BCUT2D eigenvalue weighted by molar-refractivity contribution is 7.99. The highest BCUT2D eigenvalue weighted by Gasteiger charge is 2.33. The van der Waals surface area contributed by atoms with Gasteiger partial charge in [0.1, 0.15) is 0 Å². The van der Waals surface area contributed by atoms with E-state index in [0.29, 0.717) is 5.41 Å². The summed E-state index contributed by atoms with van der Waals surface area (Å²) in [5.74, 6) is 2.17. The Hall–Kier alpha value is -0.470. The smallest absolute Gasteiger partial charge is 0.00719 e. The second-order valence-corrected chi connectivity index (χ2v) is 7.14. The van der Waals surface area contributed by atoms with Gasteiger partial charge in [0.05, 0.1) is 0 Å². The van der Waals surface area contributed by atoms with Gasteiger partial charge in [-0.05, 0) is 67.9 Å². The van der Waals surface area contributed by atoms with Crippen molar-refractivity contribution in [2.45, 2.75) is 50.3 Å². The van der Waals surface area contributed by atoms with Crippen molar-refractivity contribution >= 4 is 11.8 Å². The molecule has 0 aliphatic heterocycles. The summed E-state index contributed by atoms with van der Waals surface area (Å²) < 4.78 is 0. The third-order valence-electron chi connectivity index (χ3n) is 4.82. The molecule has 106 valence electrons. The van der Waals surface area contributed by atoms with Crippen LogP contribution in [0.5, 0.6) is 0 Å². The van der Waals surface area contributed by atoms with Crippen LogP contribution in [-0.2, 0) is 0 Å². The number of hydrogen-bond acceptors (Lipinski definition) is 2. The van der Waals surface area contributed by atoms with Crippen molar-refractivity contribution in [3.05, 3.63) is 30.3 Å². The van der Waals surface area contributed by atoms with Crippen LogP contribution in [0.3, 0.4) is 0 Å². The maximum Gasteiger partial charge on any atom is 0.00719 e. The predicted octanol–water partition coefficient (Wildman–Crippen LogP) is 4.71. The van der Waals surface area contributed by atoms with Gasteiger partial charge in [-0.2, -0.15) is 0 Å². The average molecular weight is 277 g/mol. The molecule has 1 aliphatic carbocycles. The van der Waals surface area contributed by atoms with Gasteiger partial charge in [0.15, 0.2) is 0 Å². The Kier molecular flexibility index (Phi) is 5.77. The Bertz CT molecular complexity index is 355. The van der Waals surface area contributed by atoms with E-state index in [-0.39, 0.29) is 0 Å². The quantitative estimate of drug-likeness (QED) is 0.762. The van der Waals surface area contributed by atoms with E-state index >= 15 is 0 Å². The third kappa shape index (κ3) is 4.25. The van der Waals surface area contributed by atoms with E-state index in [2.05, 4.69) is 37.3 Å². The first-order chi connectivity index (χ1) is 9.28. The third-order valence-corrected chi connectivity index (χ3v) is 5.83. The van der Waals surface area contributed by atoms with E-state index < -0.39 is 0 Å². The first-order valence-electron chi connectivity index (χ1n) is 7.66. The van der Waals surface area contributed by atoms with Crippen molar-refractivity contribution in [3.8, 4) is 0 Å². The zero-order valence-corrected chi connectivity index (χ0v) is 12.9. The molecule has 0 atom stereocenters. The fourth-order valence-electron chi connectivity index (χ4n) is 3.16. The summed E-state index contributed by atoms with van der Waals surface area (Å²) in [6.45, 7) is 3.20. The lowest BCUT2D eigenvalue weighted by molar-refractivity contribution is 0.150. The Labute approximate surface area is 122 Å². The maximum absolute atomic E-state index is 6.10. The van der Waals surface area contributed by atoms with Crippen LogP contribution in [0, 0.1) is 11.3 Å². The topological polar surface area (TPSA) is 26.0 Å². The van der Waals surface area contributed by atoms with Crippen molar-refractivity contribution in [1.82, 2.24) is 0 Å². The number of benzene rings is 1. The van der Waals surface area contributed by atoms with Crippen molar-refractivity contribution in [2.75, 3.05) is 12.3 Å². The summed E-state index contributed by atoms with van der Waals surface area (Å²) >= 11 is 1.98. The van der Waals surface area contributed by atoms with Gasteiger partial charge in [-0.15, -0.1) is 11.8 Å². The molecule has 0 heterocycles. The number of rotatable bonds is 6. The molecular weight excluding hydrogens is 250 g/mol. The zero-order valence-electron chi connectivity index (χ0n) is 12.1. The molecule has 1 aliphatic rings. The maximum atomic E-state index is 6.10. The largest absolute Gasteiger partial charge is 0.330 e. The van der Waals surface area contributed by atoms with Crippen molar-refractivity contribution in [3.63, 3.8) is 0 Å². The summed E-state index contributed by atoms with van der Waals surface area (Å²) in [6, 6.07) is 10.7. The van der Waals surface area contributed by atoms with E-state index in [1.54, 1.807) is 0 Å². The van der Waals surface area contributed by atoms with Crippen LogP contribution in [0.4, 0.5) is 0 Å². The fraction of sp³-hybridized carbons (Fsp3) is 0.647. The van der Waals surface area contributed by atoms with Gasteiger partial charge in [0.25, 0.3) is 0 Å².